The molecule has 0 saturated carbocycles. The molecule has 2 saturated heterocycles. The van der Waals surface area contributed by atoms with Gasteiger partial charge in [-0.05, 0) is 85.4 Å². The molecule has 212 valence electrons. The number of nitrogens with one attached hydrogen (secondary N) is 1. The maximum Gasteiger partial charge on any atom is 0.490 e. The van der Waals surface area contributed by atoms with Crippen molar-refractivity contribution in [1.29, 1.82) is 0 Å². The Morgan fingerprint density at radius 3 is 2.49 bits per heavy atom. The fraction of sp³-hybridized carbons (Fsp3) is 0.423. The zero-order valence-electron chi connectivity index (χ0n) is 21.4. The number of carbonyl (C=O) groups excluding carboxylic acids is 2. The SMILES string of the molecule is CC(C)Oc1cccc(CN2CC[C@]3(C[C@H]2C)C(=O)NC(=O)N3c2cc(F)ccc2Br)c1.O=C(O)C(F)(F)F. The summed E-state index contributed by atoms with van der Waals surface area (Å²) in [5.41, 5.74) is 0.460. The van der Waals surface area contributed by atoms with Crippen LogP contribution in [0.25, 0.3) is 0 Å². The van der Waals surface area contributed by atoms with E-state index in [1.54, 1.807) is 6.07 Å². The molecule has 2 fully saturated rings. The number of carboxylic acid groups (broad SMARTS) is 1. The Morgan fingerprint density at radius 2 is 1.90 bits per heavy atom. The van der Waals surface area contributed by atoms with Crippen LogP contribution in [0.15, 0.2) is 46.9 Å². The predicted octanol–water partition coefficient (Wildman–Crippen LogP) is 5.49. The molecule has 0 unspecified atom stereocenters. The monoisotopic (exact) mass is 617 g/mol. The Morgan fingerprint density at radius 1 is 1.23 bits per heavy atom. The van der Waals surface area contributed by atoms with Crippen molar-refractivity contribution < 1.29 is 41.8 Å². The molecule has 2 aliphatic rings. The maximum absolute atomic E-state index is 14.0. The van der Waals surface area contributed by atoms with Gasteiger partial charge in [-0.15, -0.1) is 0 Å². The summed E-state index contributed by atoms with van der Waals surface area (Å²) in [6.07, 6.45) is -4.07. The normalized spacial score (nSPS) is 21.6. The minimum atomic E-state index is -5.08. The zero-order chi connectivity index (χ0) is 29.1. The molecule has 1 spiro atoms. The van der Waals surface area contributed by atoms with Crippen LogP contribution in [0.5, 0.6) is 5.75 Å². The summed E-state index contributed by atoms with van der Waals surface area (Å²) in [5, 5.41) is 9.58. The molecule has 4 rings (SSSR count). The Hall–Kier alpha value is -3.19. The number of alkyl halides is 3. The van der Waals surface area contributed by atoms with E-state index in [0.29, 0.717) is 36.1 Å². The maximum atomic E-state index is 14.0. The van der Waals surface area contributed by atoms with Gasteiger partial charge in [-0.3, -0.25) is 19.9 Å². The van der Waals surface area contributed by atoms with Gasteiger partial charge in [0.1, 0.15) is 17.1 Å². The molecule has 13 heteroatoms. The predicted molar refractivity (Wildman–Crippen MR) is 138 cm³/mol. The Labute approximate surface area is 231 Å². The van der Waals surface area contributed by atoms with Crippen molar-refractivity contribution in [2.45, 2.75) is 64.0 Å². The third kappa shape index (κ3) is 7.07. The number of hydrogen-bond donors (Lipinski definition) is 2. The van der Waals surface area contributed by atoms with E-state index in [2.05, 4.69) is 39.1 Å². The third-order valence-corrected chi connectivity index (χ3v) is 7.06. The zero-order valence-corrected chi connectivity index (χ0v) is 23.0. The largest absolute Gasteiger partial charge is 0.491 e. The van der Waals surface area contributed by atoms with Crippen molar-refractivity contribution in [3.63, 3.8) is 0 Å². The van der Waals surface area contributed by atoms with Crippen molar-refractivity contribution in [2.75, 3.05) is 11.4 Å². The van der Waals surface area contributed by atoms with Gasteiger partial charge in [0.25, 0.3) is 5.91 Å². The molecule has 2 aliphatic heterocycles. The average Bonchev–Trinajstić information content (AvgIpc) is 3.05. The van der Waals surface area contributed by atoms with E-state index in [0.717, 1.165) is 11.3 Å². The Balaban J connectivity index is 0.000000532. The first-order chi connectivity index (χ1) is 18.1. The number of urea groups is 1. The highest BCUT2D eigenvalue weighted by Crippen LogP contribution is 2.42. The van der Waals surface area contributed by atoms with Crippen LogP contribution in [0.1, 0.15) is 39.2 Å². The smallest absolute Gasteiger partial charge is 0.490 e. The van der Waals surface area contributed by atoms with Crippen LogP contribution in [-0.2, 0) is 16.1 Å². The molecule has 2 aromatic rings. The highest BCUT2D eigenvalue weighted by atomic mass is 79.9. The summed E-state index contributed by atoms with van der Waals surface area (Å²) in [4.78, 5) is 38.4. The van der Waals surface area contributed by atoms with E-state index < -0.39 is 29.5 Å². The number of halogens is 5. The van der Waals surface area contributed by atoms with Gasteiger partial charge in [0, 0.05) is 23.6 Å². The number of ether oxygens (including phenoxy) is 1. The molecule has 0 bridgehead atoms. The van der Waals surface area contributed by atoms with Crippen LogP contribution in [0, 0.1) is 5.82 Å². The molecule has 2 N–H and O–H groups in total. The molecule has 8 nitrogen and oxygen atoms in total. The van der Waals surface area contributed by atoms with E-state index in [1.165, 1.54) is 17.0 Å². The van der Waals surface area contributed by atoms with E-state index >= 15 is 0 Å². The lowest BCUT2D eigenvalue weighted by atomic mass is 9.81. The lowest BCUT2D eigenvalue weighted by Gasteiger charge is -2.46. The minimum Gasteiger partial charge on any atom is -0.491 e. The summed E-state index contributed by atoms with van der Waals surface area (Å²) in [7, 11) is 0. The number of rotatable bonds is 5. The minimum absolute atomic E-state index is 0.0323. The van der Waals surface area contributed by atoms with Crippen LogP contribution in [-0.4, -0.2) is 58.3 Å². The molecular formula is C26H28BrF4N3O5. The van der Waals surface area contributed by atoms with Crippen molar-refractivity contribution in [1.82, 2.24) is 10.2 Å². The standard InChI is InChI=1S/C24H27BrFN3O3.C2HF3O2/c1-15(2)32-19-6-4-5-17(11-19)14-28-10-9-24(13-16(28)3)22(30)27-23(31)29(24)21-12-18(26)7-8-20(21)25;3-2(4,5)1(6)7/h4-8,11-12,15-16H,9-10,13-14H2,1-3H3,(H,27,30,31);(H,6,7)/t16-,24+;/m1./s1. The molecule has 2 heterocycles. The second-order valence-electron chi connectivity index (χ2n) is 9.61. The number of carbonyl (C=O) groups is 3. The quantitative estimate of drug-likeness (QED) is 0.340. The molecule has 0 aliphatic carbocycles. The first-order valence-corrected chi connectivity index (χ1v) is 12.8. The lowest BCUT2D eigenvalue weighted by molar-refractivity contribution is -0.192. The summed E-state index contributed by atoms with van der Waals surface area (Å²) in [6, 6.07) is 11.7. The molecule has 0 radical (unpaired) electrons. The highest BCUT2D eigenvalue weighted by Gasteiger charge is 2.56. The number of benzene rings is 2. The first kappa shape index (κ1) is 30.4. The van der Waals surface area contributed by atoms with Crippen LogP contribution in [0.4, 0.5) is 28.0 Å². The van der Waals surface area contributed by atoms with Crippen molar-refractivity contribution in [2.24, 2.45) is 0 Å². The molecule has 0 aromatic heterocycles. The number of hydrogen-bond acceptors (Lipinski definition) is 5. The number of likely N-dealkylation sites (tertiary alicyclic amines) is 1. The molecule has 2 atom stereocenters. The number of aliphatic carboxylic acids is 1. The summed E-state index contributed by atoms with van der Waals surface area (Å²) in [5.74, 6) is -2.70. The number of carboxylic acids is 1. The summed E-state index contributed by atoms with van der Waals surface area (Å²) < 4.78 is 52.1. The number of imide groups is 1. The van der Waals surface area contributed by atoms with E-state index in [4.69, 9.17) is 14.6 Å². The molecule has 2 aromatic carbocycles. The first-order valence-electron chi connectivity index (χ1n) is 12.0. The highest BCUT2D eigenvalue weighted by molar-refractivity contribution is 9.10. The van der Waals surface area contributed by atoms with Crippen LogP contribution >= 0.6 is 15.9 Å². The van der Waals surface area contributed by atoms with E-state index in [-0.39, 0.29) is 18.1 Å². The average molecular weight is 618 g/mol. The van der Waals surface area contributed by atoms with Gasteiger partial charge in [-0.2, -0.15) is 13.2 Å². The van der Waals surface area contributed by atoms with Crippen molar-refractivity contribution in [3.05, 3.63) is 58.3 Å². The Kier molecular flexibility index (Phi) is 9.27. The van der Waals surface area contributed by atoms with Crippen LogP contribution < -0.4 is 15.0 Å². The van der Waals surface area contributed by atoms with Gasteiger partial charge in [0.2, 0.25) is 0 Å². The fourth-order valence-corrected chi connectivity index (χ4v) is 5.12. The van der Waals surface area contributed by atoms with Gasteiger partial charge in [0.05, 0.1) is 11.8 Å². The second kappa shape index (κ2) is 11.9. The van der Waals surface area contributed by atoms with Gasteiger partial charge in [-0.1, -0.05) is 12.1 Å². The van der Waals surface area contributed by atoms with Crippen LogP contribution in [0.3, 0.4) is 0 Å². The number of amides is 3. The molecular weight excluding hydrogens is 590 g/mol. The van der Waals surface area contributed by atoms with Gasteiger partial charge in [0.15, 0.2) is 0 Å². The van der Waals surface area contributed by atoms with Gasteiger partial charge < -0.3 is 9.84 Å². The second-order valence-corrected chi connectivity index (χ2v) is 10.5. The summed E-state index contributed by atoms with van der Waals surface area (Å²) >= 11 is 3.41. The van der Waals surface area contributed by atoms with E-state index in [9.17, 15) is 27.2 Å². The fourth-order valence-electron chi connectivity index (χ4n) is 4.70. The third-order valence-electron chi connectivity index (χ3n) is 6.39. The van der Waals surface area contributed by atoms with Gasteiger partial charge >= 0.3 is 18.2 Å². The van der Waals surface area contributed by atoms with E-state index in [1.807, 2.05) is 32.0 Å². The van der Waals surface area contributed by atoms with Crippen molar-refractivity contribution in [3.8, 4) is 5.75 Å². The van der Waals surface area contributed by atoms with Crippen LogP contribution in [0.2, 0.25) is 0 Å². The number of nitrogens with zero attached hydrogens (tertiary/aromatic N) is 2. The number of anilines is 1. The molecule has 39 heavy (non-hydrogen) atoms. The molecule has 3 amide bonds. The lowest BCUT2D eigenvalue weighted by Crippen LogP contribution is -2.59. The Bertz CT molecular complexity index is 1240. The summed E-state index contributed by atoms with van der Waals surface area (Å²) in [6.45, 7) is 7.39. The topological polar surface area (TPSA) is 99.2 Å². The van der Waals surface area contributed by atoms with Gasteiger partial charge in [-0.25, -0.2) is 14.0 Å². The van der Waals surface area contributed by atoms with Crippen molar-refractivity contribution >= 4 is 39.5 Å². The number of piperidine rings is 1.